The highest BCUT2D eigenvalue weighted by Crippen LogP contribution is 2.32. The zero-order chi connectivity index (χ0) is 20.1. The molecule has 2 aliphatic heterocycles. The normalized spacial score (nSPS) is 16.0. The number of hydrogen-bond donors (Lipinski definition) is 1. The number of ether oxygens (including phenoxy) is 3. The molecule has 154 valence electrons. The Kier molecular flexibility index (Phi) is 6.05. The van der Waals surface area contributed by atoms with Crippen molar-refractivity contribution in [3.8, 4) is 17.2 Å². The maximum atomic E-state index is 12.5. The molecule has 0 atom stereocenters. The Labute approximate surface area is 171 Å². The summed E-state index contributed by atoms with van der Waals surface area (Å²) in [5.41, 5.74) is 2.30. The zero-order valence-corrected chi connectivity index (χ0v) is 16.7. The SMILES string of the molecule is COc1ccc(CCN2CCN(C(=O)NCc3ccc4c(c3)OCO4)CC2)cc1. The van der Waals surface area contributed by atoms with E-state index in [9.17, 15) is 4.79 Å². The average molecular weight is 397 g/mol. The van der Waals surface area contributed by atoms with Crippen molar-refractivity contribution >= 4 is 6.03 Å². The maximum absolute atomic E-state index is 12.5. The number of benzene rings is 2. The van der Waals surface area contributed by atoms with E-state index in [4.69, 9.17) is 14.2 Å². The molecule has 0 spiro atoms. The molecule has 4 rings (SSSR count). The van der Waals surface area contributed by atoms with E-state index in [1.807, 2.05) is 35.2 Å². The standard InChI is InChI=1S/C22H27N3O4/c1-27-19-5-2-17(3-6-19)8-9-24-10-12-25(13-11-24)22(26)23-15-18-4-7-20-21(14-18)29-16-28-20/h2-7,14H,8-13,15-16H2,1H3,(H,23,26). The molecule has 1 saturated heterocycles. The lowest BCUT2D eigenvalue weighted by molar-refractivity contribution is 0.140. The smallest absolute Gasteiger partial charge is 0.317 e. The second kappa shape index (κ2) is 9.05. The predicted molar refractivity (Wildman–Crippen MR) is 110 cm³/mol. The van der Waals surface area contributed by atoms with Crippen LogP contribution in [0.15, 0.2) is 42.5 Å². The van der Waals surface area contributed by atoms with Gasteiger partial charge in [0.1, 0.15) is 5.75 Å². The summed E-state index contributed by atoms with van der Waals surface area (Å²) < 4.78 is 15.9. The van der Waals surface area contributed by atoms with E-state index in [1.54, 1.807) is 7.11 Å². The second-order valence-corrected chi connectivity index (χ2v) is 7.27. The van der Waals surface area contributed by atoms with Gasteiger partial charge in [-0.25, -0.2) is 4.79 Å². The first-order chi connectivity index (χ1) is 14.2. The summed E-state index contributed by atoms with van der Waals surface area (Å²) in [4.78, 5) is 16.8. The van der Waals surface area contributed by atoms with Crippen LogP contribution in [0.5, 0.6) is 17.2 Å². The number of rotatable bonds is 6. The molecular weight excluding hydrogens is 370 g/mol. The molecule has 2 aliphatic rings. The number of carbonyl (C=O) groups excluding carboxylic acids is 1. The molecule has 0 aliphatic carbocycles. The summed E-state index contributed by atoms with van der Waals surface area (Å²) >= 11 is 0. The van der Waals surface area contributed by atoms with Gasteiger partial charge in [-0.15, -0.1) is 0 Å². The third kappa shape index (κ3) is 4.92. The van der Waals surface area contributed by atoms with Gasteiger partial charge in [0.25, 0.3) is 0 Å². The van der Waals surface area contributed by atoms with Crippen molar-refractivity contribution in [1.82, 2.24) is 15.1 Å². The van der Waals surface area contributed by atoms with Gasteiger partial charge in [0.2, 0.25) is 6.79 Å². The molecule has 2 amide bonds. The molecule has 0 saturated carbocycles. The molecule has 1 N–H and O–H groups in total. The predicted octanol–water partition coefficient (Wildman–Crippen LogP) is 2.49. The van der Waals surface area contributed by atoms with Gasteiger partial charge in [-0.2, -0.15) is 0 Å². The number of nitrogens with one attached hydrogen (secondary N) is 1. The van der Waals surface area contributed by atoms with Crippen molar-refractivity contribution in [2.45, 2.75) is 13.0 Å². The largest absolute Gasteiger partial charge is 0.497 e. The number of fused-ring (bicyclic) bond motifs is 1. The molecule has 1 fully saturated rings. The fourth-order valence-corrected chi connectivity index (χ4v) is 3.59. The topological polar surface area (TPSA) is 63.3 Å². The maximum Gasteiger partial charge on any atom is 0.317 e. The first-order valence-corrected chi connectivity index (χ1v) is 9.98. The zero-order valence-electron chi connectivity index (χ0n) is 16.7. The Morgan fingerprint density at radius 2 is 1.72 bits per heavy atom. The Balaban J connectivity index is 1.18. The van der Waals surface area contributed by atoms with Gasteiger partial charge in [0, 0.05) is 39.3 Å². The molecular formula is C22H27N3O4. The number of piperazine rings is 1. The number of nitrogens with zero attached hydrogens (tertiary/aromatic N) is 2. The van der Waals surface area contributed by atoms with E-state index >= 15 is 0 Å². The lowest BCUT2D eigenvalue weighted by Crippen LogP contribution is -2.51. The van der Waals surface area contributed by atoms with Crippen molar-refractivity contribution in [2.75, 3.05) is 46.6 Å². The number of methoxy groups -OCH3 is 1. The van der Waals surface area contributed by atoms with Crippen LogP contribution < -0.4 is 19.5 Å². The van der Waals surface area contributed by atoms with E-state index < -0.39 is 0 Å². The van der Waals surface area contributed by atoms with Crippen LogP contribution in [0.3, 0.4) is 0 Å². The van der Waals surface area contributed by atoms with Crippen molar-refractivity contribution in [2.24, 2.45) is 0 Å². The van der Waals surface area contributed by atoms with Gasteiger partial charge in [-0.1, -0.05) is 18.2 Å². The number of carbonyl (C=O) groups is 1. The fourth-order valence-electron chi connectivity index (χ4n) is 3.59. The molecule has 29 heavy (non-hydrogen) atoms. The molecule has 2 aromatic rings. The molecule has 2 aromatic carbocycles. The second-order valence-electron chi connectivity index (χ2n) is 7.27. The van der Waals surface area contributed by atoms with Crippen LogP contribution in [0.25, 0.3) is 0 Å². The highest BCUT2D eigenvalue weighted by atomic mass is 16.7. The van der Waals surface area contributed by atoms with E-state index in [0.717, 1.165) is 62.0 Å². The van der Waals surface area contributed by atoms with Gasteiger partial charge in [-0.3, -0.25) is 4.90 Å². The minimum Gasteiger partial charge on any atom is -0.497 e. The molecule has 2 heterocycles. The van der Waals surface area contributed by atoms with Gasteiger partial charge >= 0.3 is 6.03 Å². The van der Waals surface area contributed by atoms with E-state index in [1.165, 1.54) is 5.56 Å². The number of amides is 2. The Morgan fingerprint density at radius 3 is 2.48 bits per heavy atom. The van der Waals surface area contributed by atoms with Crippen LogP contribution in [0, 0.1) is 0 Å². The lowest BCUT2D eigenvalue weighted by atomic mass is 10.1. The summed E-state index contributed by atoms with van der Waals surface area (Å²) in [6, 6.07) is 13.9. The summed E-state index contributed by atoms with van der Waals surface area (Å²) in [6.07, 6.45) is 1.00. The Morgan fingerprint density at radius 1 is 1.00 bits per heavy atom. The van der Waals surface area contributed by atoms with Crippen molar-refractivity contribution < 1.29 is 19.0 Å². The summed E-state index contributed by atoms with van der Waals surface area (Å²) in [7, 11) is 1.68. The van der Waals surface area contributed by atoms with Crippen LogP contribution in [0.2, 0.25) is 0 Å². The third-order valence-corrected chi connectivity index (χ3v) is 5.42. The van der Waals surface area contributed by atoms with Crippen LogP contribution in [-0.4, -0.2) is 62.5 Å². The number of urea groups is 1. The fraction of sp³-hybridized carbons (Fsp3) is 0.409. The minimum absolute atomic E-state index is 0.0162. The number of hydrogen-bond acceptors (Lipinski definition) is 5. The lowest BCUT2D eigenvalue weighted by Gasteiger charge is -2.34. The van der Waals surface area contributed by atoms with E-state index in [0.29, 0.717) is 6.54 Å². The van der Waals surface area contributed by atoms with E-state index in [-0.39, 0.29) is 12.8 Å². The molecule has 0 bridgehead atoms. The van der Waals surface area contributed by atoms with Crippen molar-refractivity contribution in [3.63, 3.8) is 0 Å². The summed E-state index contributed by atoms with van der Waals surface area (Å²) in [5, 5.41) is 3.00. The molecule has 7 nitrogen and oxygen atoms in total. The molecule has 0 unspecified atom stereocenters. The quantitative estimate of drug-likeness (QED) is 0.812. The minimum atomic E-state index is -0.0162. The van der Waals surface area contributed by atoms with Crippen LogP contribution >= 0.6 is 0 Å². The molecule has 0 aromatic heterocycles. The first-order valence-electron chi connectivity index (χ1n) is 9.98. The van der Waals surface area contributed by atoms with E-state index in [2.05, 4.69) is 22.3 Å². The summed E-state index contributed by atoms with van der Waals surface area (Å²) in [5.74, 6) is 2.38. The highest BCUT2D eigenvalue weighted by molar-refractivity contribution is 5.74. The summed E-state index contributed by atoms with van der Waals surface area (Å²) in [6.45, 7) is 5.02. The molecule has 0 radical (unpaired) electrons. The van der Waals surface area contributed by atoms with Crippen molar-refractivity contribution in [3.05, 3.63) is 53.6 Å². The average Bonchev–Trinajstić information content (AvgIpc) is 3.24. The molecule has 7 heteroatoms. The Bertz CT molecular complexity index is 832. The van der Waals surface area contributed by atoms with Crippen LogP contribution in [0.4, 0.5) is 4.79 Å². The monoisotopic (exact) mass is 397 g/mol. The van der Waals surface area contributed by atoms with Crippen LogP contribution in [0.1, 0.15) is 11.1 Å². The van der Waals surface area contributed by atoms with Gasteiger partial charge in [-0.05, 0) is 41.8 Å². The first kappa shape index (κ1) is 19.4. The highest BCUT2D eigenvalue weighted by Gasteiger charge is 2.21. The van der Waals surface area contributed by atoms with Crippen LogP contribution in [-0.2, 0) is 13.0 Å². The Hall–Kier alpha value is -2.93. The van der Waals surface area contributed by atoms with Gasteiger partial charge < -0.3 is 24.4 Å². The van der Waals surface area contributed by atoms with Gasteiger partial charge in [0.15, 0.2) is 11.5 Å². The van der Waals surface area contributed by atoms with Crippen molar-refractivity contribution in [1.29, 1.82) is 0 Å². The third-order valence-electron chi connectivity index (χ3n) is 5.42. The van der Waals surface area contributed by atoms with Gasteiger partial charge in [0.05, 0.1) is 7.11 Å².